The second kappa shape index (κ2) is 6.35. The molecule has 21 heavy (non-hydrogen) atoms. The maximum Gasteiger partial charge on any atom is 0.212 e. The molecule has 1 saturated heterocycles. The average Bonchev–Trinajstić information content (AvgIpc) is 2.47. The fraction of sp³-hybridized carbons (Fsp3) is 0.722. The summed E-state index contributed by atoms with van der Waals surface area (Å²) >= 11 is 0. The lowest BCUT2D eigenvalue weighted by Gasteiger charge is -2.46. The lowest BCUT2D eigenvalue weighted by Crippen LogP contribution is -2.49. The third-order valence-corrected chi connectivity index (χ3v) is 5.11. The molecule has 2 rings (SSSR count). The average molecular weight is 290 g/mol. The molecule has 1 fully saturated rings. The zero-order valence-corrected chi connectivity index (χ0v) is 14.3. The van der Waals surface area contributed by atoms with Gasteiger partial charge in [0.15, 0.2) is 0 Å². The first-order valence-corrected chi connectivity index (χ1v) is 8.12. The highest BCUT2D eigenvalue weighted by atomic mass is 16.5. The number of pyridine rings is 1. The van der Waals surface area contributed by atoms with Gasteiger partial charge in [-0.05, 0) is 64.1 Å². The van der Waals surface area contributed by atoms with Gasteiger partial charge in [-0.2, -0.15) is 0 Å². The molecule has 0 radical (unpaired) electrons. The van der Waals surface area contributed by atoms with Gasteiger partial charge in [-0.15, -0.1) is 0 Å². The van der Waals surface area contributed by atoms with Gasteiger partial charge in [-0.1, -0.05) is 19.4 Å². The molecule has 0 spiro atoms. The summed E-state index contributed by atoms with van der Waals surface area (Å²) in [5.41, 5.74) is 2.07. The van der Waals surface area contributed by atoms with Gasteiger partial charge in [0.1, 0.15) is 0 Å². The minimum atomic E-state index is 0.293. The van der Waals surface area contributed by atoms with Crippen molar-refractivity contribution in [3.8, 4) is 5.88 Å². The molecule has 1 aromatic heterocycles. The summed E-state index contributed by atoms with van der Waals surface area (Å²) in [4.78, 5) is 6.97. The van der Waals surface area contributed by atoms with Crippen molar-refractivity contribution in [2.24, 2.45) is 5.41 Å². The van der Waals surface area contributed by atoms with Gasteiger partial charge in [-0.3, -0.25) is 4.90 Å². The summed E-state index contributed by atoms with van der Waals surface area (Å²) in [5, 5.41) is 0. The van der Waals surface area contributed by atoms with Crippen LogP contribution >= 0.6 is 0 Å². The Morgan fingerprint density at radius 1 is 1.24 bits per heavy atom. The quantitative estimate of drug-likeness (QED) is 0.840. The maximum atomic E-state index is 5.14. The van der Waals surface area contributed by atoms with Crippen LogP contribution in [0.25, 0.3) is 0 Å². The van der Waals surface area contributed by atoms with Gasteiger partial charge in [0.05, 0.1) is 7.11 Å². The Kier molecular flexibility index (Phi) is 4.92. The molecule has 118 valence electrons. The standard InChI is InChI=1S/C18H30N2O/c1-6-18(9-11-20(12-10-18)17(2,3)4)13-15-7-8-16(21-5)19-14-15/h7-8,14H,6,9-13H2,1-5H3. The van der Waals surface area contributed by atoms with Crippen molar-refractivity contribution in [1.29, 1.82) is 0 Å². The predicted molar refractivity (Wildman–Crippen MR) is 87.8 cm³/mol. The Bertz CT molecular complexity index is 439. The number of methoxy groups -OCH3 is 1. The molecule has 0 N–H and O–H groups in total. The molecule has 3 heteroatoms. The van der Waals surface area contributed by atoms with Crippen molar-refractivity contribution >= 4 is 0 Å². The molecular weight excluding hydrogens is 260 g/mol. The van der Waals surface area contributed by atoms with Crippen LogP contribution in [-0.2, 0) is 6.42 Å². The summed E-state index contributed by atoms with van der Waals surface area (Å²) < 4.78 is 5.14. The zero-order valence-electron chi connectivity index (χ0n) is 14.3. The fourth-order valence-electron chi connectivity index (χ4n) is 3.38. The normalized spacial score (nSPS) is 19.5. The second-order valence-corrected chi connectivity index (χ2v) is 7.40. The molecule has 0 aromatic carbocycles. The largest absolute Gasteiger partial charge is 0.481 e. The van der Waals surface area contributed by atoms with Crippen molar-refractivity contribution in [1.82, 2.24) is 9.88 Å². The van der Waals surface area contributed by atoms with Crippen LogP contribution in [0.5, 0.6) is 5.88 Å². The minimum absolute atomic E-state index is 0.293. The van der Waals surface area contributed by atoms with Crippen molar-refractivity contribution in [2.75, 3.05) is 20.2 Å². The SMILES string of the molecule is CCC1(Cc2ccc(OC)nc2)CCN(C(C)(C)C)CC1. The summed E-state index contributed by atoms with van der Waals surface area (Å²) in [6.07, 6.45) is 6.93. The highest BCUT2D eigenvalue weighted by Crippen LogP contribution is 2.39. The number of hydrogen-bond acceptors (Lipinski definition) is 3. The van der Waals surface area contributed by atoms with E-state index in [1.54, 1.807) is 7.11 Å². The number of nitrogens with zero attached hydrogens (tertiary/aromatic N) is 2. The van der Waals surface area contributed by atoms with E-state index in [-0.39, 0.29) is 0 Å². The van der Waals surface area contributed by atoms with E-state index in [0.29, 0.717) is 16.8 Å². The maximum absolute atomic E-state index is 5.14. The smallest absolute Gasteiger partial charge is 0.212 e. The number of piperidine rings is 1. The molecule has 1 aliphatic heterocycles. The van der Waals surface area contributed by atoms with Crippen LogP contribution in [0.4, 0.5) is 0 Å². The van der Waals surface area contributed by atoms with Gasteiger partial charge in [0.25, 0.3) is 0 Å². The molecule has 1 aromatic rings. The Morgan fingerprint density at radius 3 is 2.33 bits per heavy atom. The van der Waals surface area contributed by atoms with E-state index in [9.17, 15) is 0 Å². The summed E-state index contributed by atoms with van der Waals surface area (Å²) in [6, 6.07) is 4.14. The predicted octanol–water partition coefficient (Wildman–Crippen LogP) is 3.92. The van der Waals surface area contributed by atoms with Crippen LogP contribution in [0, 0.1) is 5.41 Å². The molecular formula is C18H30N2O. The van der Waals surface area contributed by atoms with Crippen molar-refractivity contribution < 1.29 is 4.74 Å². The lowest BCUT2D eigenvalue weighted by molar-refractivity contribution is 0.0401. The number of rotatable bonds is 4. The van der Waals surface area contributed by atoms with E-state index in [4.69, 9.17) is 4.74 Å². The van der Waals surface area contributed by atoms with E-state index in [0.717, 1.165) is 6.42 Å². The van der Waals surface area contributed by atoms with Gasteiger partial charge in [0.2, 0.25) is 5.88 Å². The first kappa shape index (κ1) is 16.3. The van der Waals surface area contributed by atoms with Gasteiger partial charge in [-0.25, -0.2) is 4.98 Å². The Balaban J connectivity index is 2.02. The summed E-state index contributed by atoms with van der Waals surface area (Å²) in [6.45, 7) is 11.7. The van der Waals surface area contributed by atoms with Gasteiger partial charge in [0, 0.05) is 17.8 Å². The molecule has 0 unspecified atom stereocenters. The summed E-state index contributed by atoms with van der Waals surface area (Å²) in [7, 11) is 1.66. The van der Waals surface area contributed by atoms with Gasteiger partial charge < -0.3 is 4.74 Å². The molecule has 0 aliphatic carbocycles. The Labute approximate surface area is 129 Å². The van der Waals surface area contributed by atoms with Crippen molar-refractivity contribution in [3.63, 3.8) is 0 Å². The molecule has 3 nitrogen and oxygen atoms in total. The topological polar surface area (TPSA) is 25.4 Å². The third-order valence-electron chi connectivity index (χ3n) is 5.11. The number of ether oxygens (including phenoxy) is 1. The third kappa shape index (κ3) is 3.97. The molecule has 2 heterocycles. The molecule has 0 bridgehead atoms. The van der Waals surface area contributed by atoms with E-state index in [1.165, 1.54) is 37.9 Å². The fourth-order valence-corrected chi connectivity index (χ4v) is 3.38. The van der Waals surface area contributed by atoms with E-state index in [1.807, 2.05) is 12.3 Å². The lowest BCUT2D eigenvalue weighted by atomic mass is 9.71. The van der Waals surface area contributed by atoms with Crippen LogP contribution in [0.1, 0.15) is 52.5 Å². The highest BCUT2D eigenvalue weighted by Gasteiger charge is 2.36. The van der Waals surface area contributed by atoms with Crippen LogP contribution in [0.3, 0.4) is 0 Å². The van der Waals surface area contributed by atoms with Crippen LogP contribution in [-0.4, -0.2) is 35.6 Å². The van der Waals surface area contributed by atoms with Crippen molar-refractivity contribution in [3.05, 3.63) is 23.9 Å². The van der Waals surface area contributed by atoms with Gasteiger partial charge >= 0.3 is 0 Å². The van der Waals surface area contributed by atoms with Crippen molar-refractivity contribution in [2.45, 2.75) is 58.9 Å². The number of likely N-dealkylation sites (tertiary alicyclic amines) is 1. The second-order valence-electron chi connectivity index (χ2n) is 7.40. The Morgan fingerprint density at radius 2 is 1.90 bits per heavy atom. The Hall–Kier alpha value is -1.09. The van der Waals surface area contributed by atoms with E-state index >= 15 is 0 Å². The molecule has 0 atom stereocenters. The first-order chi connectivity index (χ1) is 9.88. The molecule has 0 saturated carbocycles. The zero-order chi connectivity index (χ0) is 15.5. The van der Waals surface area contributed by atoms with E-state index < -0.39 is 0 Å². The number of hydrogen-bond donors (Lipinski definition) is 0. The van der Waals surface area contributed by atoms with E-state index in [2.05, 4.69) is 43.6 Å². The minimum Gasteiger partial charge on any atom is -0.481 e. The van der Waals surface area contributed by atoms with Crippen LogP contribution in [0.2, 0.25) is 0 Å². The number of aromatic nitrogens is 1. The monoisotopic (exact) mass is 290 g/mol. The summed E-state index contributed by atoms with van der Waals surface area (Å²) in [5.74, 6) is 0.701. The highest BCUT2D eigenvalue weighted by molar-refractivity contribution is 5.19. The first-order valence-electron chi connectivity index (χ1n) is 8.12. The molecule has 0 amide bonds. The van der Waals surface area contributed by atoms with Crippen LogP contribution < -0.4 is 4.74 Å². The molecule has 1 aliphatic rings. The van der Waals surface area contributed by atoms with Crippen LogP contribution in [0.15, 0.2) is 18.3 Å².